The number of aromatic amines is 1. The highest BCUT2D eigenvalue weighted by Gasteiger charge is 2.18. The lowest BCUT2D eigenvalue weighted by atomic mass is 10.0. The SMILES string of the molecule is CC.CC/C=C(/OC(C)OCCCOC(C)Oc1cccc(CCC)c1)c1c(CCN(C)C)c[nH]c1CC. The van der Waals surface area contributed by atoms with Crippen LogP contribution in [0.2, 0.25) is 0 Å². The molecule has 2 rings (SSSR count). The van der Waals surface area contributed by atoms with Gasteiger partial charge in [0.1, 0.15) is 11.5 Å². The van der Waals surface area contributed by atoms with Gasteiger partial charge in [-0.2, -0.15) is 0 Å². The highest BCUT2D eigenvalue weighted by Crippen LogP contribution is 2.28. The molecule has 6 heteroatoms. The molecule has 38 heavy (non-hydrogen) atoms. The Morgan fingerprint density at radius 1 is 1.00 bits per heavy atom. The van der Waals surface area contributed by atoms with E-state index in [-0.39, 0.29) is 12.6 Å². The molecule has 2 aromatic rings. The Morgan fingerprint density at radius 2 is 1.71 bits per heavy atom. The first-order valence-electron chi connectivity index (χ1n) is 14.6. The van der Waals surface area contributed by atoms with Crippen molar-refractivity contribution in [3.63, 3.8) is 0 Å². The second-order valence-corrected chi connectivity index (χ2v) is 9.41. The number of likely N-dealkylation sites (N-methyl/N-ethyl adjacent to an activating group) is 1. The summed E-state index contributed by atoms with van der Waals surface area (Å²) in [5, 5.41) is 0. The lowest BCUT2D eigenvalue weighted by molar-refractivity contribution is -0.102. The van der Waals surface area contributed by atoms with Crippen LogP contribution in [0.5, 0.6) is 5.75 Å². The summed E-state index contributed by atoms with van der Waals surface area (Å²) in [4.78, 5) is 5.65. The van der Waals surface area contributed by atoms with E-state index in [1.807, 2.05) is 39.8 Å². The van der Waals surface area contributed by atoms with Crippen LogP contribution >= 0.6 is 0 Å². The molecule has 1 aromatic carbocycles. The van der Waals surface area contributed by atoms with E-state index in [9.17, 15) is 0 Å². The van der Waals surface area contributed by atoms with Gasteiger partial charge in [-0.25, -0.2) is 0 Å². The van der Waals surface area contributed by atoms with Crippen molar-refractivity contribution in [2.24, 2.45) is 0 Å². The van der Waals surface area contributed by atoms with Gasteiger partial charge >= 0.3 is 0 Å². The van der Waals surface area contributed by atoms with Crippen LogP contribution in [-0.2, 0) is 33.5 Å². The summed E-state index contributed by atoms with van der Waals surface area (Å²) in [6, 6.07) is 8.23. The molecule has 1 aromatic heterocycles. The first-order valence-corrected chi connectivity index (χ1v) is 14.6. The number of nitrogens with zero attached hydrogens (tertiary/aromatic N) is 1. The maximum Gasteiger partial charge on any atom is 0.196 e. The van der Waals surface area contributed by atoms with Gasteiger partial charge in [-0.1, -0.05) is 53.2 Å². The Labute approximate surface area is 232 Å². The molecule has 0 radical (unpaired) electrons. The zero-order chi connectivity index (χ0) is 28.3. The number of allylic oxidation sites excluding steroid dienone is 1. The van der Waals surface area contributed by atoms with E-state index in [0.29, 0.717) is 13.2 Å². The zero-order valence-electron chi connectivity index (χ0n) is 25.6. The fourth-order valence-electron chi connectivity index (χ4n) is 4.09. The maximum absolute atomic E-state index is 6.30. The number of rotatable bonds is 18. The van der Waals surface area contributed by atoms with E-state index in [0.717, 1.165) is 56.6 Å². The number of H-pyrrole nitrogens is 1. The van der Waals surface area contributed by atoms with Gasteiger partial charge < -0.3 is 28.8 Å². The summed E-state index contributed by atoms with van der Waals surface area (Å²) in [7, 11) is 4.20. The number of hydrogen-bond acceptors (Lipinski definition) is 5. The largest absolute Gasteiger partial charge is 0.465 e. The molecule has 0 aliphatic heterocycles. The normalized spacial score (nSPS) is 13.2. The molecule has 0 aliphatic carbocycles. The van der Waals surface area contributed by atoms with Crippen LogP contribution in [0.3, 0.4) is 0 Å². The summed E-state index contributed by atoms with van der Waals surface area (Å²) in [6.45, 7) is 16.5. The van der Waals surface area contributed by atoms with Crippen LogP contribution in [0, 0.1) is 0 Å². The molecular formula is C32H54N2O4. The number of aromatic nitrogens is 1. The average Bonchev–Trinajstić information content (AvgIpc) is 3.31. The molecular weight excluding hydrogens is 476 g/mol. The number of ether oxygens (including phenoxy) is 4. The van der Waals surface area contributed by atoms with Crippen LogP contribution < -0.4 is 4.74 Å². The first-order chi connectivity index (χ1) is 18.4. The molecule has 0 fully saturated rings. The summed E-state index contributed by atoms with van der Waals surface area (Å²) < 4.78 is 24.0. The Balaban J connectivity index is 0.00000352. The van der Waals surface area contributed by atoms with E-state index < -0.39 is 0 Å². The van der Waals surface area contributed by atoms with Crippen LogP contribution in [0.1, 0.15) is 90.1 Å². The van der Waals surface area contributed by atoms with Gasteiger partial charge in [0.05, 0.1) is 13.2 Å². The van der Waals surface area contributed by atoms with Crippen molar-refractivity contribution >= 4 is 5.76 Å². The molecule has 0 amide bonds. The smallest absolute Gasteiger partial charge is 0.196 e. The van der Waals surface area contributed by atoms with Gasteiger partial charge in [0, 0.05) is 24.0 Å². The van der Waals surface area contributed by atoms with Crippen molar-refractivity contribution < 1.29 is 18.9 Å². The molecule has 2 unspecified atom stereocenters. The molecule has 0 saturated carbocycles. The standard InChI is InChI=1S/C30H48N2O4.C2H6/c1-8-13-25-15-11-16-27(21-25)35-23(4)33-19-12-20-34-24(5)36-29(14-9-2)30-26(17-18-32(6)7)22-31-28(30)10-3;1-2/h11,14-16,21-24,31H,8-10,12-13,17-20H2,1-7H3;1-2H3/b29-14+;. The van der Waals surface area contributed by atoms with Crippen LogP contribution in [0.15, 0.2) is 36.5 Å². The molecule has 1 N–H and O–H groups in total. The number of aryl methyl sites for hydroxylation is 2. The van der Waals surface area contributed by atoms with E-state index in [2.05, 4.69) is 69.2 Å². The Morgan fingerprint density at radius 3 is 2.34 bits per heavy atom. The second-order valence-electron chi connectivity index (χ2n) is 9.41. The average molecular weight is 531 g/mol. The van der Waals surface area contributed by atoms with E-state index >= 15 is 0 Å². The van der Waals surface area contributed by atoms with Gasteiger partial charge in [0.2, 0.25) is 0 Å². The minimum Gasteiger partial charge on any atom is -0.465 e. The van der Waals surface area contributed by atoms with E-state index in [1.165, 1.54) is 22.4 Å². The number of nitrogens with one attached hydrogen (secondary N) is 1. The van der Waals surface area contributed by atoms with Gasteiger partial charge in [0.15, 0.2) is 12.6 Å². The molecule has 0 bridgehead atoms. The summed E-state index contributed by atoms with van der Waals surface area (Å²) >= 11 is 0. The van der Waals surface area contributed by atoms with Crippen molar-refractivity contribution in [2.75, 3.05) is 33.9 Å². The number of benzene rings is 1. The molecule has 6 nitrogen and oxygen atoms in total. The fourth-order valence-corrected chi connectivity index (χ4v) is 4.09. The summed E-state index contributed by atoms with van der Waals surface area (Å²) in [5.41, 5.74) is 4.97. The van der Waals surface area contributed by atoms with Crippen molar-refractivity contribution in [2.45, 2.75) is 99.6 Å². The quantitative estimate of drug-likeness (QED) is 0.122. The zero-order valence-corrected chi connectivity index (χ0v) is 25.6. The molecule has 2 atom stereocenters. The monoisotopic (exact) mass is 530 g/mol. The summed E-state index contributed by atoms with van der Waals surface area (Å²) in [6.07, 6.45) is 9.36. The lowest BCUT2D eigenvalue weighted by Gasteiger charge is -2.20. The second kappa shape index (κ2) is 19.7. The van der Waals surface area contributed by atoms with E-state index in [4.69, 9.17) is 18.9 Å². The van der Waals surface area contributed by atoms with Gasteiger partial charge in [0.25, 0.3) is 0 Å². The van der Waals surface area contributed by atoms with Crippen LogP contribution in [0.4, 0.5) is 0 Å². The third-order valence-corrected chi connectivity index (χ3v) is 5.89. The molecule has 0 spiro atoms. The maximum atomic E-state index is 6.30. The number of hydrogen-bond donors (Lipinski definition) is 1. The molecule has 0 saturated heterocycles. The minimum atomic E-state index is -0.348. The predicted molar refractivity (Wildman–Crippen MR) is 160 cm³/mol. The third-order valence-electron chi connectivity index (χ3n) is 5.89. The highest BCUT2D eigenvalue weighted by molar-refractivity contribution is 5.65. The van der Waals surface area contributed by atoms with Crippen LogP contribution in [0.25, 0.3) is 5.76 Å². The van der Waals surface area contributed by atoms with Gasteiger partial charge in [-0.15, -0.1) is 0 Å². The molecule has 0 aliphatic rings. The lowest BCUT2D eigenvalue weighted by Crippen LogP contribution is -2.19. The summed E-state index contributed by atoms with van der Waals surface area (Å²) in [5.74, 6) is 1.75. The van der Waals surface area contributed by atoms with Gasteiger partial charge in [-0.05, 0) is 89.4 Å². The van der Waals surface area contributed by atoms with Crippen molar-refractivity contribution in [1.29, 1.82) is 0 Å². The van der Waals surface area contributed by atoms with Gasteiger partial charge in [-0.3, -0.25) is 0 Å². The van der Waals surface area contributed by atoms with Crippen LogP contribution in [-0.4, -0.2) is 56.3 Å². The van der Waals surface area contributed by atoms with Crippen molar-refractivity contribution in [3.05, 3.63) is 58.9 Å². The van der Waals surface area contributed by atoms with E-state index in [1.54, 1.807) is 0 Å². The minimum absolute atomic E-state index is 0.309. The molecule has 1 heterocycles. The topological polar surface area (TPSA) is 56.0 Å². The van der Waals surface area contributed by atoms with Crippen molar-refractivity contribution in [1.82, 2.24) is 9.88 Å². The Kier molecular flexibility index (Phi) is 17.5. The predicted octanol–water partition coefficient (Wildman–Crippen LogP) is 7.62. The molecule has 216 valence electrons. The van der Waals surface area contributed by atoms with Crippen molar-refractivity contribution in [3.8, 4) is 5.75 Å². The Bertz CT molecular complexity index is 907. The first kappa shape index (κ1) is 33.7. The highest BCUT2D eigenvalue weighted by atomic mass is 16.7. The third kappa shape index (κ3) is 12.5. The fraction of sp³-hybridized carbons (Fsp3) is 0.625. The Hall–Kier alpha value is -2.28.